The van der Waals surface area contributed by atoms with Gasteiger partial charge in [-0.05, 0) is 24.3 Å². The summed E-state index contributed by atoms with van der Waals surface area (Å²) in [6, 6.07) is 8.66. The van der Waals surface area contributed by atoms with Gasteiger partial charge in [-0.15, -0.1) is 0 Å². The maximum absolute atomic E-state index is 12.3. The lowest BCUT2D eigenvalue weighted by Gasteiger charge is -2.05. The number of carbonyl (C=O) groups excluding carboxylic acids is 1. The second-order valence-corrected chi connectivity index (χ2v) is 4.21. The molecule has 0 radical (unpaired) electrons. The van der Waals surface area contributed by atoms with Gasteiger partial charge in [0.2, 0.25) is 5.78 Å². The fourth-order valence-corrected chi connectivity index (χ4v) is 2.02. The van der Waals surface area contributed by atoms with Crippen LogP contribution in [0.25, 0.3) is 0 Å². The molecule has 84 valence electrons. The van der Waals surface area contributed by atoms with E-state index in [-0.39, 0.29) is 5.78 Å². The lowest BCUT2D eigenvalue weighted by Crippen LogP contribution is -2.05. The summed E-state index contributed by atoms with van der Waals surface area (Å²) < 4.78 is 5.58. The molecule has 0 aliphatic carbocycles. The van der Waals surface area contributed by atoms with Crippen LogP contribution in [-0.4, -0.2) is 10.8 Å². The largest absolute Gasteiger partial charge is 0.488 e. The van der Waals surface area contributed by atoms with Crippen molar-refractivity contribution in [3.05, 3.63) is 58.4 Å². The molecule has 17 heavy (non-hydrogen) atoms. The monoisotopic (exact) mass is 245 g/mol. The van der Waals surface area contributed by atoms with Gasteiger partial charge in [0, 0.05) is 16.8 Å². The molecule has 0 fully saturated rings. The van der Waals surface area contributed by atoms with Crippen molar-refractivity contribution >= 4 is 17.4 Å². The number of aromatic nitrogens is 1. The summed E-state index contributed by atoms with van der Waals surface area (Å²) in [4.78, 5) is 16.4. The average molecular weight is 246 g/mol. The molecule has 0 N–H and O–H groups in total. The molecular weight excluding hydrogens is 238 g/mol. The van der Waals surface area contributed by atoms with Crippen LogP contribution in [0.2, 0.25) is 5.02 Å². The molecule has 0 unspecified atom stereocenters. The topological polar surface area (TPSA) is 39.2 Å². The number of ketones is 1. The van der Waals surface area contributed by atoms with E-state index in [0.29, 0.717) is 28.6 Å². The van der Waals surface area contributed by atoms with E-state index in [1.54, 1.807) is 30.5 Å². The number of hydrogen-bond donors (Lipinski definition) is 0. The number of hydrogen-bond acceptors (Lipinski definition) is 3. The summed E-state index contributed by atoms with van der Waals surface area (Å²) in [7, 11) is 0. The van der Waals surface area contributed by atoms with Crippen LogP contribution in [0.1, 0.15) is 21.6 Å². The summed E-state index contributed by atoms with van der Waals surface area (Å²) in [5.41, 5.74) is 1.70. The van der Waals surface area contributed by atoms with Gasteiger partial charge in [0.1, 0.15) is 18.1 Å². The summed E-state index contributed by atoms with van der Waals surface area (Å²) >= 11 is 5.89. The number of halogens is 1. The zero-order valence-electron chi connectivity index (χ0n) is 8.81. The minimum Gasteiger partial charge on any atom is -0.488 e. The van der Waals surface area contributed by atoms with Crippen LogP contribution >= 0.6 is 11.6 Å². The first-order valence-corrected chi connectivity index (χ1v) is 5.54. The van der Waals surface area contributed by atoms with Gasteiger partial charge in [0.25, 0.3) is 0 Å². The second-order valence-electron chi connectivity index (χ2n) is 3.77. The second kappa shape index (κ2) is 3.86. The van der Waals surface area contributed by atoms with E-state index in [4.69, 9.17) is 16.3 Å². The number of pyridine rings is 1. The Morgan fingerprint density at radius 1 is 1.29 bits per heavy atom. The Balaban J connectivity index is 2.22. The Labute approximate surface area is 103 Å². The number of nitrogens with zero attached hydrogens (tertiary/aromatic N) is 1. The summed E-state index contributed by atoms with van der Waals surface area (Å²) in [6.07, 6.45) is 1.60. The first kappa shape index (κ1) is 10.3. The maximum Gasteiger partial charge on any atom is 0.215 e. The van der Waals surface area contributed by atoms with Crippen molar-refractivity contribution < 1.29 is 9.53 Å². The van der Waals surface area contributed by atoms with Gasteiger partial charge in [-0.25, -0.2) is 0 Å². The van der Waals surface area contributed by atoms with E-state index in [0.717, 1.165) is 5.56 Å². The predicted molar refractivity (Wildman–Crippen MR) is 63.5 cm³/mol. The van der Waals surface area contributed by atoms with E-state index in [2.05, 4.69) is 4.98 Å². The van der Waals surface area contributed by atoms with E-state index in [9.17, 15) is 4.79 Å². The molecule has 1 aromatic heterocycles. The molecule has 0 bridgehead atoms. The third-order valence-electron chi connectivity index (χ3n) is 2.68. The number of ether oxygens (including phenoxy) is 1. The molecule has 0 saturated carbocycles. The minimum absolute atomic E-state index is 0.143. The van der Waals surface area contributed by atoms with Gasteiger partial charge in [0.15, 0.2) is 0 Å². The van der Waals surface area contributed by atoms with E-state index < -0.39 is 0 Å². The quantitative estimate of drug-likeness (QED) is 0.716. The van der Waals surface area contributed by atoms with Gasteiger partial charge in [-0.1, -0.05) is 17.7 Å². The molecule has 1 aliphatic heterocycles. The van der Waals surface area contributed by atoms with Gasteiger partial charge >= 0.3 is 0 Å². The molecular formula is C13H8ClNO2. The predicted octanol–water partition coefficient (Wildman–Crippen LogP) is 2.86. The van der Waals surface area contributed by atoms with Crippen LogP contribution in [0.3, 0.4) is 0 Å². The van der Waals surface area contributed by atoms with Crippen LogP contribution in [0, 0.1) is 0 Å². The van der Waals surface area contributed by atoms with Crippen molar-refractivity contribution in [3.8, 4) is 5.75 Å². The number of rotatable bonds is 0. The number of benzene rings is 1. The summed E-state index contributed by atoms with van der Waals surface area (Å²) in [6.45, 7) is 0.351. The normalized spacial score (nSPS) is 13.4. The van der Waals surface area contributed by atoms with Gasteiger partial charge in [0.05, 0.1) is 5.56 Å². The van der Waals surface area contributed by atoms with Crippen molar-refractivity contribution in [1.82, 2.24) is 4.98 Å². The van der Waals surface area contributed by atoms with E-state index in [1.807, 2.05) is 6.07 Å². The first-order chi connectivity index (χ1) is 8.25. The Morgan fingerprint density at radius 3 is 3.06 bits per heavy atom. The molecule has 0 spiro atoms. The van der Waals surface area contributed by atoms with Crippen LogP contribution in [0.4, 0.5) is 0 Å². The summed E-state index contributed by atoms with van der Waals surface area (Å²) in [5.74, 6) is 0.410. The fourth-order valence-electron chi connectivity index (χ4n) is 1.85. The summed E-state index contributed by atoms with van der Waals surface area (Å²) in [5, 5.41) is 0.514. The maximum atomic E-state index is 12.3. The van der Waals surface area contributed by atoms with Crippen LogP contribution in [0.15, 0.2) is 36.5 Å². The zero-order chi connectivity index (χ0) is 11.8. The Bertz CT molecular complexity index is 610. The van der Waals surface area contributed by atoms with E-state index in [1.165, 1.54) is 0 Å². The SMILES string of the molecule is O=C1c2cc(Cl)ccc2OCc2cccnc21. The van der Waals surface area contributed by atoms with E-state index >= 15 is 0 Å². The highest BCUT2D eigenvalue weighted by atomic mass is 35.5. The molecule has 2 aromatic rings. The molecule has 4 heteroatoms. The van der Waals surface area contributed by atoms with Crippen molar-refractivity contribution in [1.29, 1.82) is 0 Å². The van der Waals surface area contributed by atoms with Crippen molar-refractivity contribution in [2.24, 2.45) is 0 Å². The fraction of sp³-hybridized carbons (Fsp3) is 0.0769. The highest BCUT2D eigenvalue weighted by Gasteiger charge is 2.23. The zero-order valence-corrected chi connectivity index (χ0v) is 9.57. The number of fused-ring (bicyclic) bond motifs is 2. The lowest BCUT2D eigenvalue weighted by molar-refractivity contribution is 0.103. The molecule has 1 aliphatic rings. The van der Waals surface area contributed by atoms with Crippen LogP contribution in [0.5, 0.6) is 5.75 Å². The van der Waals surface area contributed by atoms with Crippen molar-refractivity contribution in [2.45, 2.75) is 6.61 Å². The highest BCUT2D eigenvalue weighted by molar-refractivity contribution is 6.31. The smallest absolute Gasteiger partial charge is 0.215 e. The number of carbonyl (C=O) groups is 1. The minimum atomic E-state index is -0.143. The molecule has 0 amide bonds. The Kier molecular flexibility index (Phi) is 2.34. The van der Waals surface area contributed by atoms with Gasteiger partial charge in [-0.2, -0.15) is 0 Å². The first-order valence-electron chi connectivity index (χ1n) is 5.16. The van der Waals surface area contributed by atoms with Gasteiger partial charge in [-0.3, -0.25) is 9.78 Å². The highest BCUT2D eigenvalue weighted by Crippen LogP contribution is 2.29. The van der Waals surface area contributed by atoms with Crippen molar-refractivity contribution in [2.75, 3.05) is 0 Å². The van der Waals surface area contributed by atoms with Crippen LogP contribution in [-0.2, 0) is 6.61 Å². The Morgan fingerprint density at radius 2 is 2.18 bits per heavy atom. The standard InChI is InChI=1S/C13H8ClNO2/c14-9-3-4-11-10(6-9)13(16)12-8(7-17-11)2-1-5-15-12/h1-6H,7H2. The molecule has 1 aromatic carbocycles. The lowest BCUT2D eigenvalue weighted by atomic mass is 10.0. The third-order valence-corrected chi connectivity index (χ3v) is 2.91. The molecule has 3 nitrogen and oxygen atoms in total. The molecule has 2 heterocycles. The third kappa shape index (κ3) is 1.68. The van der Waals surface area contributed by atoms with Crippen LogP contribution < -0.4 is 4.74 Å². The Hall–Kier alpha value is -1.87. The molecule has 0 atom stereocenters. The molecule has 0 saturated heterocycles. The average Bonchev–Trinajstić information content (AvgIpc) is 2.49. The van der Waals surface area contributed by atoms with Gasteiger partial charge < -0.3 is 4.74 Å². The molecule has 3 rings (SSSR count). The van der Waals surface area contributed by atoms with Crippen molar-refractivity contribution in [3.63, 3.8) is 0 Å².